The molecule has 0 unspecified atom stereocenters. The normalized spacial score (nSPS) is 18.3. The summed E-state index contributed by atoms with van der Waals surface area (Å²) in [6.45, 7) is 3.02. The summed E-state index contributed by atoms with van der Waals surface area (Å²) in [6, 6.07) is 17.9. The zero-order valence-corrected chi connectivity index (χ0v) is 14.9. The number of rotatable bonds is 5. The molecule has 0 radical (unpaired) electrons. The third-order valence-electron chi connectivity index (χ3n) is 4.95. The minimum Gasteiger partial charge on any atom is -0.364 e. The predicted octanol–water partition coefficient (Wildman–Crippen LogP) is 3.83. The van der Waals surface area contributed by atoms with E-state index in [4.69, 9.17) is 9.72 Å². The summed E-state index contributed by atoms with van der Waals surface area (Å²) >= 11 is 0. The molecule has 2 aromatic carbocycles. The number of amides is 1. The lowest BCUT2D eigenvalue weighted by Gasteiger charge is -2.26. The van der Waals surface area contributed by atoms with Crippen molar-refractivity contribution in [2.45, 2.75) is 38.5 Å². The summed E-state index contributed by atoms with van der Waals surface area (Å²) in [4.78, 5) is 22.9. The Morgan fingerprint density at radius 2 is 2.00 bits per heavy atom. The van der Waals surface area contributed by atoms with Gasteiger partial charge in [0.05, 0.1) is 23.7 Å². The van der Waals surface area contributed by atoms with Crippen molar-refractivity contribution in [3.05, 3.63) is 66.0 Å². The number of para-hydroxylation sites is 2. The molecule has 4 rings (SSSR count). The fraction of sp³-hybridized carbons (Fsp3) is 0.333. The molecule has 5 nitrogen and oxygen atoms in total. The maximum atomic E-state index is 12.9. The van der Waals surface area contributed by atoms with Crippen LogP contribution in [0.25, 0.3) is 11.0 Å². The zero-order valence-electron chi connectivity index (χ0n) is 14.9. The summed E-state index contributed by atoms with van der Waals surface area (Å²) < 4.78 is 5.82. The number of fused-ring (bicyclic) bond motifs is 1. The number of carbonyl (C=O) groups is 1. The quantitative estimate of drug-likeness (QED) is 0.761. The van der Waals surface area contributed by atoms with E-state index in [0.717, 1.165) is 41.8 Å². The fourth-order valence-corrected chi connectivity index (χ4v) is 3.55. The van der Waals surface area contributed by atoms with E-state index in [1.165, 1.54) is 0 Å². The average Bonchev–Trinajstić information content (AvgIpc) is 3.32. The molecule has 2 atom stereocenters. The van der Waals surface area contributed by atoms with Crippen LogP contribution in [0.1, 0.15) is 37.2 Å². The number of nitrogens with one attached hydrogen (secondary N) is 1. The number of hydrogen-bond acceptors (Lipinski definition) is 3. The first-order valence-electron chi connectivity index (χ1n) is 9.13. The lowest BCUT2D eigenvalue weighted by Crippen LogP contribution is -2.38. The number of imidazole rings is 1. The maximum Gasteiger partial charge on any atom is 0.252 e. The first kappa shape index (κ1) is 16.8. The molecule has 1 aromatic heterocycles. The summed E-state index contributed by atoms with van der Waals surface area (Å²) in [5, 5.41) is 0. The van der Waals surface area contributed by atoms with Crippen molar-refractivity contribution in [2.75, 3.05) is 6.54 Å². The van der Waals surface area contributed by atoms with Gasteiger partial charge in [-0.1, -0.05) is 42.5 Å². The van der Waals surface area contributed by atoms with Gasteiger partial charge in [0.25, 0.3) is 5.91 Å². The number of H-pyrrole nitrogens is 1. The molecule has 1 saturated heterocycles. The van der Waals surface area contributed by atoms with Gasteiger partial charge < -0.3 is 14.6 Å². The Kier molecular flexibility index (Phi) is 4.71. The van der Waals surface area contributed by atoms with E-state index in [-0.39, 0.29) is 11.9 Å². The highest BCUT2D eigenvalue weighted by atomic mass is 16.5. The largest absolute Gasteiger partial charge is 0.364 e. The van der Waals surface area contributed by atoms with Gasteiger partial charge in [-0.15, -0.1) is 0 Å². The van der Waals surface area contributed by atoms with Gasteiger partial charge >= 0.3 is 0 Å². The van der Waals surface area contributed by atoms with Gasteiger partial charge in [0.2, 0.25) is 0 Å². The van der Waals surface area contributed by atoms with E-state index >= 15 is 0 Å². The van der Waals surface area contributed by atoms with E-state index in [1.54, 1.807) is 0 Å². The molecular weight excluding hydrogens is 326 g/mol. The molecule has 0 aliphatic carbocycles. The molecular formula is C21H23N3O2. The topological polar surface area (TPSA) is 58.2 Å². The number of nitrogens with zero attached hydrogens (tertiary/aromatic N) is 2. The lowest BCUT2D eigenvalue weighted by molar-refractivity contribution is -0.144. The van der Waals surface area contributed by atoms with Crippen LogP contribution < -0.4 is 0 Å². The van der Waals surface area contributed by atoms with Crippen molar-refractivity contribution in [1.82, 2.24) is 14.9 Å². The van der Waals surface area contributed by atoms with Crippen LogP contribution >= 0.6 is 0 Å². The number of benzene rings is 2. The number of aromatic amines is 1. The fourth-order valence-electron chi connectivity index (χ4n) is 3.55. The first-order valence-corrected chi connectivity index (χ1v) is 9.13. The Labute approximate surface area is 153 Å². The van der Waals surface area contributed by atoms with Crippen LogP contribution in [-0.2, 0) is 16.1 Å². The van der Waals surface area contributed by atoms with Crippen LogP contribution in [0.4, 0.5) is 0 Å². The molecule has 1 aliphatic rings. The van der Waals surface area contributed by atoms with Gasteiger partial charge in [-0.05, 0) is 37.5 Å². The van der Waals surface area contributed by atoms with E-state index in [1.807, 2.05) is 66.4 Å². The molecule has 1 N–H and O–H groups in total. The van der Waals surface area contributed by atoms with Gasteiger partial charge in [-0.3, -0.25) is 4.79 Å². The molecule has 0 bridgehead atoms. The van der Waals surface area contributed by atoms with Gasteiger partial charge in [-0.2, -0.15) is 0 Å². The number of ether oxygens (including phenoxy) is 1. The molecule has 134 valence electrons. The highest BCUT2D eigenvalue weighted by Crippen LogP contribution is 2.32. The molecule has 26 heavy (non-hydrogen) atoms. The third-order valence-corrected chi connectivity index (χ3v) is 4.95. The maximum absolute atomic E-state index is 12.9. The average molecular weight is 349 g/mol. The highest BCUT2D eigenvalue weighted by Gasteiger charge is 2.34. The summed E-state index contributed by atoms with van der Waals surface area (Å²) in [6.07, 6.45) is 1.44. The van der Waals surface area contributed by atoms with Crippen LogP contribution in [0.5, 0.6) is 0 Å². The van der Waals surface area contributed by atoms with Gasteiger partial charge in [-0.25, -0.2) is 4.98 Å². The second-order valence-electron chi connectivity index (χ2n) is 6.77. The smallest absolute Gasteiger partial charge is 0.252 e. The second kappa shape index (κ2) is 7.30. The standard InChI is InChI=1S/C21H23N3O2/c1-15(26-14-16-8-3-2-4-9-16)21(25)24-13-7-12-19(24)20-22-17-10-5-6-11-18(17)23-20/h2-6,8-11,15,19H,7,12-14H2,1H3,(H,22,23)/t15-,19-/m0/s1. The Balaban J connectivity index is 1.45. The van der Waals surface area contributed by atoms with Crippen molar-refractivity contribution in [3.8, 4) is 0 Å². The van der Waals surface area contributed by atoms with E-state index in [9.17, 15) is 4.79 Å². The summed E-state index contributed by atoms with van der Waals surface area (Å²) in [7, 11) is 0. The van der Waals surface area contributed by atoms with Gasteiger partial charge in [0.15, 0.2) is 0 Å². The Hall–Kier alpha value is -2.66. The number of carbonyl (C=O) groups excluding carboxylic acids is 1. The molecule has 1 fully saturated rings. The molecule has 5 heteroatoms. The van der Waals surface area contributed by atoms with E-state index in [2.05, 4.69) is 4.98 Å². The molecule has 3 aromatic rings. The molecule has 0 spiro atoms. The molecule has 2 heterocycles. The van der Waals surface area contributed by atoms with Gasteiger partial charge in [0.1, 0.15) is 11.9 Å². The zero-order chi connectivity index (χ0) is 17.9. The number of aromatic nitrogens is 2. The van der Waals surface area contributed by atoms with Crippen molar-refractivity contribution >= 4 is 16.9 Å². The highest BCUT2D eigenvalue weighted by molar-refractivity contribution is 5.81. The van der Waals surface area contributed by atoms with Crippen LogP contribution in [-0.4, -0.2) is 33.4 Å². The van der Waals surface area contributed by atoms with Crippen molar-refractivity contribution in [3.63, 3.8) is 0 Å². The Bertz CT molecular complexity index is 857. The van der Waals surface area contributed by atoms with E-state index in [0.29, 0.717) is 6.61 Å². The Morgan fingerprint density at radius 1 is 1.23 bits per heavy atom. The molecule has 0 saturated carbocycles. The van der Waals surface area contributed by atoms with Crippen LogP contribution in [0.3, 0.4) is 0 Å². The summed E-state index contributed by atoms with van der Waals surface area (Å²) in [5.41, 5.74) is 3.02. The third kappa shape index (κ3) is 3.35. The predicted molar refractivity (Wildman–Crippen MR) is 100 cm³/mol. The second-order valence-corrected chi connectivity index (χ2v) is 6.77. The van der Waals surface area contributed by atoms with Crippen LogP contribution in [0.15, 0.2) is 54.6 Å². The number of hydrogen-bond donors (Lipinski definition) is 1. The van der Waals surface area contributed by atoms with Crippen molar-refractivity contribution in [2.24, 2.45) is 0 Å². The summed E-state index contributed by atoms with van der Waals surface area (Å²) in [5.74, 6) is 0.899. The molecule has 1 amide bonds. The first-order chi connectivity index (χ1) is 12.7. The Morgan fingerprint density at radius 3 is 2.81 bits per heavy atom. The minimum absolute atomic E-state index is 0.00215. The monoisotopic (exact) mass is 349 g/mol. The number of likely N-dealkylation sites (tertiary alicyclic amines) is 1. The van der Waals surface area contributed by atoms with Gasteiger partial charge in [0, 0.05) is 6.54 Å². The molecule has 1 aliphatic heterocycles. The lowest BCUT2D eigenvalue weighted by atomic mass is 10.2. The minimum atomic E-state index is -0.472. The van der Waals surface area contributed by atoms with Crippen LogP contribution in [0.2, 0.25) is 0 Å². The SMILES string of the molecule is C[C@H](OCc1ccccc1)C(=O)N1CCC[C@H]1c1nc2ccccc2[nH]1. The van der Waals surface area contributed by atoms with Crippen molar-refractivity contribution < 1.29 is 9.53 Å². The van der Waals surface area contributed by atoms with E-state index < -0.39 is 6.10 Å². The van der Waals surface area contributed by atoms with Crippen LogP contribution in [0, 0.1) is 0 Å². The van der Waals surface area contributed by atoms with Crippen molar-refractivity contribution in [1.29, 1.82) is 0 Å².